The molecule has 0 fully saturated rings. The maximum atomic E-state index is 13.7. The number of nitrogens with zero attached hydrogens (tertiary/aromatic N) is 4. The van der Waals surface area contributed by atoms with Crippen molar-refractivity contribution in [2.75, 3.05) is 32.0 Å². The highest BCUT2D eigenvalue weighted by molar-refractivity contribution is 6.33. The molecule has 4 aromatic rings. The van der Waals surface area contributed by atoms with Gasteiger partial charge in [0.1, 0.15) is 11.9 Å². The molecule has 1 amide bonds. The van der Waals surface area contributed by atoms with E-state index < -0.39 is 6.04 Å². The van der Waals surface area contributed by atoms with Crippen LogP contribution in [0.25, 0.3) is 11.4 Å². The zero-order valence-electron chi connectivity index (χ0n) is 21.2. The Morgan fingerprint density at radius 1 is 1.03 bits per heavy atom. The number of aromatic nitrogens is 4. The Hall–Kier alpha value is -4.57. The summed E-state index contributed by atoms with van der Waals surface area (Å²) in [6.07, 6.45) is 1.61. The van der Waals surface area contributed by atoms with E-state index in [-0.39, 0.29) is 5.91 Å². The Morgan fingerprint density at radius 2 is 1.74 bits per heavy atom. The van der Waals surface area contributed by atoms with Crippen LogP contribution in [0.2, 0.25) is 5.02 Å². The molecule has 0 spiro atoms. The Labute approximate surface area is 224 Å². The third-order valence-electron chi connectivity index (χ3n) is 6.12. The maximum absolute atomic E-state index is 13.7. The van der Waals surface area contributed by atoms with Gasteiger partial charge < -0.3 is 24.8 Å². The molecule has 2 aromatic carbocycles. The molecule has 0 radical (unpaired) electrons. The van der Waals surface area contributed by atoms with Crippen molar-refractivity contribution >= 4 is 29.3 Å². The monoisotopic (exact) mass is 532 g/mol. The maximum Gasteiger partial charge on any atom is 0.257 e. The molecule has 3 heterocycles. The predicted molar refractivity (Wildman–Crippen MR) is 144 cm³/mol. The summed E-state index contributed by atoms with van der Waals surface area (Å²) < 4.78 is 18.4. The van der Waals surface area contributed by atoms with Crippen LogP contribution in [-0.2, 0) is 4.79 Å². The fourth-order valence-corrected chi connectivity index (χ4v) is 4.61. The molecule has 1 unspecified atom stereocenters. The average Bonchev–Trinajstić information content (AvgIpc) is 3.35. The van der Waals surface area contributed by atoms with E-state index in [4.69, 9.17) is 35.9 Å². The smallest absolute Gasteiger partial charge is 0.257 e. The molecule has 11 heteroatoms. The number of methoxy groups -OCH3 is 3. The minimum Gasteiger partial charge on any atom is -0.493 e. The highest BCUT2D eigenvalue weighted by Gasteiger charge is 2.36. The van der Waals surface area contributed by atoms with Gasteiger partial charge in [-0.25, -0.2) is 9.67 Å². The molecule has 1 aliphatic rings. The van der Waals surface area contributed by atoms with Crippen molar-refractivity contribution in [1.29, 1.82) is 0 Å². The van der Waals surface area contributed by atoms with Gasteiger partial charge in [-0.15, -0.1) is 5.10 Å². The molecule has 2 aromatic heterocycles. The van der Waals surface area contributed by atoms with Gasteiger partial charge in [0.05, 0.1) is 31.9 Å². The Bertz CT molecular complexity index is 1510. The van der Waals surface area contributed by atoms with Gasteiger partial charge in [0.25, 0.3) is 5.91 Å². The topological polar surface area (TPSA) is 112 Å². The number of halogens is 1. The van der Waals surface area contributed by atoms with E-state index in [1.165, 1.54) is 21.3 Å². The van der Waals surface area contributed by atoms with Gasteiger partial charge in [0.2, 0.25) is 11.7 Å². The average molecular weight is 533 g/mol. The van der Waals surface area contributed by atoms with Crippen LogP contribution in [0.1, 0.15) is 18.5 Å². The van der Waals surface area contributed by atoms with E-state index >= 15 is 0 Å². The molecular formula is C27H25ClN6O4. The molecule has 0 saturated heterocycles. The number of fused-ring (bicyclic) bond motifs is 1. The first-order chi connectivity index (χ1) is 18.4. The first-order valence-corrected chi connectivity index (χ1v) is 12.0. The van der Waals surface area contributed by atoms with Gasteiger partial charge >= 0.3 is 0 Å². The number of hydrogen-bond donors (Lipinski definition) is 2. The lowest BCUT2D eigenvalue weighted by Gasteiger charge is -2.29. The van der Waals surface area contributed by atoms with E-state index in [1.807, 2.05) is 25.1 Å². The molecule has 0 aliphatic carbocycles. The van der Waals surface area contributed by atoms with Gasteiger partial charge in [-0.2, -0.15) is 4.98 Å². The first-order valence-electron chi connectivity index (χ1n) is 11.7. The number of amides is 1. The molecule has 0 bridgehead atoms. The summed E-state index contributed by atoms with van der Waals surface area (Å²) in [4.78, 5) is 22.6. The van der Waals surface area contributed by atoms with E-state index in [1.54, 1.807) is 47.3 Å². The second-order valence-corrected chi connectivity index (χ2v) is 8.78. The van der Waals surface area contributed by atoms with Crippen molar-refractivity contribution < 1.29 is 19.0 Å². The van der Waals surface area contributed by atoms with Crippen LogP contribution in [0, 0.1) is 0 Å². The second-order valence-electron chi connectivity index (χ2n) is 8.38. The lowest BCUT2D eigenvalue weighted by atomic mass is 9.94. The van der Waals surface area contributed by atoms with Gasteiger partial charge in [0, 0.05) is 17.5 Å². The van der Waals surface area contributed by atoms with Crippen LogP contribution in [0.5, 0.6) is 17.2 Å². The summed E-state index contributed by atoms with van der Waals surface area (Å²) >= 11 is 6.45. The van der Waals surface area contributed by atoms with Crippen LogP contribution in [0.4, 0.5) is 11.8 Å². The number of carbonyl (C=O) groups is 1. The predicted octanol–water partition coefficient (Wildman–Crippen LogP) is 4.95. The molecule has 194 valence electrons. The minimum absolute atomic E-state index is 0.354. The Morgan fingerprint density at radius 3 is 2.37 bits per heavy atom. The van der Waals surface area contributed by atoms with Crippen LogP contribution in [-0.4, -0.2) is 47.0 Å². The van der Waals surface area contributed by atoms with Gasteiger partial charge in [0.15, 0.2) is 17.3 Å². The third kappa shape index (κ3) is 4.50. The molecule has 38 heavy (non-hydrogen) atoms. The number of anilines is 2. The van der Waals surface area contributed by atoms with Crippen molar-refractivity contribution in [2.24, 2.45) is 0 Å². The number of pyridine rings is 1. The third-order valence-corrected chi connectivity index (χ3v) is 6.45. The lowest BCUT2D eigenvalue weighted by Crippen LogP contribution is -2.31. The zero-order chi connectivity index (χ0) is 26.8. The first kappa shape index (κ1) is 25.1. The van der Waals surface area contributed by atoms with Crippen LogP contribution < -0.4 is 24.8 Å². The van der Waals surface area contributed by atoms with E-state index in [0.29, 0.717) is 62.3 Å². The SMILES string of the molecule is COc1cc(C2C(C(=O)Nc3ccccn3)=C(C)Nc3nc(-c4ccccc4Cl)nn32)cc(OC)c1OC. The number of nitrogens with one attached hydrogen (secondary N) is 2. The fraction of sp³-hybridized carbons (Fsp3) is 0.185. The molecule has 2 N–H and O–H groups in total. The molecule has 1 aliphatic heterocycles. The normalized spacial score (nSPS) is 14.4. The van der Waals surface area contributed by atoms with Crippen molar-refractivity contribution in [3.63, 3.8) is 0 Å². The minimum atomic E-state index is -0.701. The zero-order valence-corrected chi connectivity index (χ0v) is 21.9. The van der Waals surface area contributed by atoms with E-state index in [9.17, 15) is 4.79 Å². The van der Waals surface area contributed by atoms with E-state index in [0.717, 1.165) is 0 Å². The summed E-state index contributed by atoms with van der Waals surface area (Å²) in [5, 5.41) is 11.4. The highest BCUT2D eigenvalue weighted by atomic mass is 35.5. The van der Waals surface area contributed by atoms with Crippen molar-refractivity contribution in [3.05, 3.63) is 82.7 Å². The number of benzene rings is 2. The fourth-order valence-electron chi connectivity index (χ4n) is 4.39. The summed E-state index contributed by atoms with van der Waals surface area (Å²) in [7, 11) is 4.61. The molecular weight excluding hydrogens is 508 g/mol. The summed E-state index contributed by atoms with van der Waals surface area (Å²) in [5.41, 5.74) is 2.35. The quantitative estimate of drug-likeness (QED) is 0.344. The van der Waals surface area contributed by atoms with Gasteiger partial charge in [-0.1, -0.05) is 29.8 Å². The summed E-state index contributed by atoms with van der Waals surface area (Å²) in [6.45, 7) is 1.81. The number of allylic oxidation sites excluding steroid dienone is 1. The number of ether oxygens (including phenoxy) is 3. The van der Waals surface area contributed by atoms with Crippen LogP contribution in [0.3, 0.4) is 0 Å². The number of hydrogen-bond acceptors (Lipinski definition) is 8. The van der Waals surface area contributed by atoms with Gasteiger partial charge in [-0.05, 0) is 48.9 Å². The molecule has 10 nitrogen and oxygen atoms in total. The van der Waals surface area contributed by atoms with Crippen molar-refractivity contribution in [1.82, 2.24) is 19.7 Å². The van der Waals surface area contributed by atoms with Crippen LogP contribution in [0.15, 0.2) is 72.1 Å². The van der Waals surface area contributed by atoms with Gasteiger partial charge in [-0.3, -0.25) is 4.79 Å². The largest absolute Gasteiger partial charge is 0.493 e. The van der Waals surface area contributed by atoms with Crippen molar-refractivity contribution in [3.8, 4) is 28.6 Å². The van der Waals surface area contributed by atoms with Crippen molar-refractivity contribution in [2.45, 2.75) is 13.0 Å². The summed E-state index contributed by atoms with van der Waals surface area (Å²) in [5.74, 6) is 2.24. The molecule has 1 atom stereocenters. The number of rotatable bonds is 7. The number of carbonyl (C=O) groups excluding carboxylic acids is 1. The van der Waals surface area contributed by atoms with E-state index in [2.05, 4.69) is 15.6 Å². The molecule has 5 rings (SSSR count). The summed E-state index contributed by atoms with van der Waals surface area (Å²) in [6, 6.07) is 15.5. The molecule has 0 saturated carbocycles. The Balaban J connectivity index is 1.69. The standard InChI is InChI=1S/C27H25ClN6O4/c1-15-22(26(35)31-21-11-7-8-12-29-21)23(16-13-19(36-2)24(38-4)20(14-16)37-3)34-27(30-15)32-25(33-34)17-9-5-6-10-18(17)28/h5-14,23H,1-4H3,(H,29,31,35)(H,30,32,33). The Kier molecular flexibility index (Phi) is 6.89. The lowest BCUT2D eigenvalue weighted by molar-refractivity contribution is -0.113. The van der Waals surface area contributed by atoms with Crippen LogP contribution >= 0.6 is 11.6 Å². The highest BCUT2D eigenvalue weighted by Crippen LogP contribution is 2.44. The second kappa shape index (κ2) is 10.4.